The normalized spacial score (nSPS) is 14.4. The molecule has 0 bridgehead atoms. The van der Waals surface area contributed by atoms with E-state index in [1.54, 1.807) is 12.1 Å². The lowest BCUT2D eigenvalue weighted by Crippen LogP contribution is -2.19. The average molecular weight is 213 g/mol. The van der Waals surface area contributed by atoms with E-state index in [-0.39, 0.29) is 11.2 Å². The van der Waals surface area contributed by atoms with Crippen molar-refractivity contribution < 1.29 is 4.39 Å². The van der Waals surface area contributed by atoms with Crippen molar-refractivity contribution in [1.82, 2.24) is 0 Å². The molecule has 1 heteroatoms. The van der Waals surface area contributed by atoms with Gasteiger partial charge >= 0.3 is 0 Å². The van der Waals surface area contributed by atoms with Gasteiger partial charge in [-0.15, -0.1) is 0 Å². The van der Waals surface area contributed by atoms with Crippen LogP contribution < -0.4 is 0 Å². The maximum absolute atomic E-state index is 12.9. The molecule has 0 heterocycles. The molecule has 0 nitrogen and oxygen atoms in total. The topological polar surface area (TPSA) is 0 Å². The Balaban J connectivity index is 2.43. The Morgan fingerprint density at radius 3 is 1.94 bits per heavy atom. The minimum Gasteiger partial charge on any atom is -0.207 e. The Morgan fingerprint density at radius 1 is 0.875 bits per heavy atom. The van der Waals surface area contributed by atoms with E-state index >= 15 is 0 Å². The van der Waals surface area contributed by atoms with E-state index in [2.05, 4.69) is 6.92 Å². The zero-order valence-electron chi connectivity index (χ0n) is 9.28. The van der Waals surface area contributed by atoms with Crippen molar-refractivity contribution in [3.63, 3.8) is 0 Å². The first kappa shape index (κ1) is 10.7. The summed E-state index contributed by atoms with van der Waals surface area (Å²) in [4.78, 5) is 0. The van der Waals surface area contributed by atoms with Crippen LogP contribution in [-0.4, -0.2) is 0 Å². The molecule has 80 valence electrons. The summed E-state index contributed by atoms with van der Waals surface area (Å²) in [7, 11) is 0. The number of benzene rings is 2. The summed E-state index contributed by atoms with van der Waals surface area (Å²) >= 11 is 0. The van der Waals surface area contributed by atoms with Crippen molar-refractivity contribution in [1.29, 1.82) is 0 Å². The Kier molecular flexibility index (Phi) is 2.69. The first-order valence-corrected chi connectivity index (χ1v) is 5.27. The van der Waals surface area contributed by atoms with Gasteiger partial charge < -0.3 is 0 Å². The molecule has 1 atom stereocenters. The van der Waals surface area contributed by atoms with E-state index in [0.717, 1.165) is 11.1 Å². The average Bonchev–Trinajstić information content (AvgIpc) is 2.31. The molecular formula is C15H14F+. The fraction of sp³-hybridized carbons (Fsp3) is 0.133. The first-order chi connectivity index (χ1) is 7.60. The van der Waals surface area contributed by atoms with Crippen LogP contribution in [0, 0.1) is 12.7 Å². The minimum atomic E-state index is -0.338. The summed E-state index contributed by atoms with van der Waals surface area (Å²) in [6.07, 6.45) is 0. The molecule has 0 saturated carbocycles. The van der Waals surface area contributed by atoms with Gasteiger partial charge in [-0.2, -0.15) is 0 Å². The molecular weight excluding hydrogens is 199 g/mol. The maximum atomic E-state index is 12.9. The fourth-order valence-corrected chi connectivity index (χ4v) is 1.79. The second-order valence-corrected chi connectivity index (χ2v) is 4.21. The second kappa shape index (κ2) is 4.01. The van der Waals surface area contributed by atoms with E-state index in [9.17, 15) is 4.39 Å². The third-order valence-electron chi connectivity index (χ3n) is 2.89. The van der Waals surface area contributed by atoms with Gasteiger partial charge in [0.15, 0.2) is 5.41 Å². The highest BCUT2D eigenvalue weighted by Gasteiger charge is 2.30. The molecule has 2 aromatic rings. The number of hydrogen-bond acceptors (Lipinski definition) is 0. The van der Waals surface area contributed by atoms with E-state index in [1.165, 1.54) is 12.1 Å². The predicted molar refractivity (Wildman–Crippen MR) is 64.7 cm³/mol. The first-order valence-electron chi connectivity index (χ1n) is 5.27. The fourth-order valence-electron chi connectivity index (χ4n) is 1.79. The van der Waals surface area contributed by atoms with Crippen molar-refractivity contribution in [3.8, 4) is 0 Å². The van der Waals surface area contributed by atoms with Gasteiger partial charge in [0.05, 0.1) is 6.92 Å². The molecule has 0 aliphatic rings. The lowest BCUT2D eigenvalue weighted by molar-refractivity contribution is 0.623. The number of rotatable bonds is 2. The second-order valence-electron chi connectivity index (χ2n) is 4.21. The molecule has 0 spiro atoms. The Labute approximate surface area is 95.7 Å². The van der Waals surface area contributed by atoms with Crippen LogP contribution in [0.5, 0.6) is 0 Å². The van der Waals surface area contributed by atoms with Crippen LogP contribution in [0.3, 0.4) is 0 Å². The number of halogens is 1. The van der Waals surface area contributed by atoms with Crippen LogP contribution in [0.1, 0.15) is 18.1 Å². The zero-order chi connectivity index (χ0) is 11.6. The van der Waals surface area contributed by atoms with Gasteiger partial charge in [-0.3, -0.25) is 0 Å². The lowest BCUT2D eigenvalue weighted by Gasteiger charge is -2.18. The SMILES string of the molecule is [CH2+]C(C)(c1ccccc1)c1ccc(F)cc1. The lowest BCUT2D eigenvalue weighted by atomic mass is 9.78. The molecule has 1 unspecified atom stereocenters. The summed E-state index contributed by atoms with van der Waals surface area (Å²) in [5, 5.41) is 0. The Hall–Kier alpha value is -1.76. The van der Waals surface area contributed by atoms with Crippen molar-refractivity contribution in [2.45, 2.75) is 12.3 Å². The standard InChI is InChI=1S/C15H14F/c1-15(2,12-6-4-3-5-7-12)13-8-10-14(16)11-9-13/h3-11H,1H2,2H3/q+1. The van der Waals surface area contributed by atoms with Crippen molar-refractivity contribution in [3.05, 3.63) is 78.5 Å². The molecule has 0 amide bonds. The highest BCUT2D eigenvalue weighted by molar-refractivity contribution is 5.39. The van der Waals surface area contributed by atoms with E-state index in [4.69, 9.17) is 0 Å². The minimum absolute atomic E-state index is 0.215. The van der Waals surface area contributed by atoms with E-state index in [1.807, 2.05) is 37.3 Å². The molecule has 2 aromatic carbocycles. The molecule has 2 rings (SSSR count). The van der Waals surface area contributed by atoms with E-state index in [0.29, 0.717) is 0 Å². The maximum Gasteiger partial charge on any atom is 0.152 e. The summed E-state index contributed by atoms with van der Waals surface area (Å²) in [5.74, 6) is -0.215. The van der Waals surface area contributed by atoms with Gasteiger partial charge in [-0.25, -0.2) is 4.39 Å². The summed E-state index contributed by atoms with van der Waals surface area (Å²) < 4.78 is 12.9. The van der Waals surface area contributed by atoms with Gasteiger partial charge in [0.2, 0.25) is 0 Å². The molecule has 0 N–H and O–H groups in total. The largest absolute Gasteiger partial charge is 0.207 e. The molecule has 16 heavy (non-hydrogen) atoms. The van der Waals surface area contributed by atoms with Gasteiger partial charge in [-0.05, 0) is 19.1 Å². The number of hydrogen-bond donors (Lipinski definition) is 0. The van der Waals surface area contributed by atoms with Crippen LogP contribution in [0.25, 0.3) is 0 Å². The Morgan fingerprint density at radius 2 is 1.38 bits per heavy atom. The third kappa shape index (κ3) is 1.94. The monoisotopic (exact) mass is 213 g/mol. The molecule has 0 saturated heterocycles. The molecule has 0 aromatic heterocycles. The highest BCUT2D eigenvalue weighted by Crippen LogP contribution is 2.30. The quantitative estimate of drug-likeness (QED) is 0.662. The smallest absolute Gasteiger partial charge is 0.152 e. The van der Waals surface area contributed by atoms with Gasteiger partial charge in [0.25, 0.3) is 0 Å². The molecule has 0 aliphatic carbocycles. The highest BCUT2D eigenvalue weighted by atomic mass is 19.1. The Bertz CT molecular complexity index is 455. The van der Waals surface area contributed by atoms with Gasteiger partial charge in [0, 0.05) is 11.1 Å². The van der Waals surface area contributed by atoms with Crippen LogP contribution in [-0.2, 0) is 5.41 Å². The van der Waals surface area contributed by atoms with Crippen molar-refractivity contribution >= 4 is 0 Å². The molecule has 0 fully saturated rings. The zero-order valence-corrected chi connectivity index (χ0v) is 9.28. The van der Waals surface area contributed by atoms with Crippen LogP contribution in [0.2, 0.25) is 0 Å². The van der Waals surface area contributed by atoms with Crippen LogP contribution >= 0.6 is 0 Å². The van der Waals surface area contributed by atoms with Crippen LogP contribution in [0.15, 0.2) is 54.6 Å². The van der Waals surface area contributed by atoms with Crippen molar-refractivity contribution in [2.75, 3.05) is 0 Å². The molecule has 0 aliphatic heterocycles. The predicted octanol–water partition coefficient (Wildman–Crippen LogP) is 3.97. The third-order valence-corrected chi connectivity index (χ3v) is 2.89. The van der Waals surface area contributed by atoms with Crippen LogP contribution in [0.4, 0.5) is 4.39 Å². The van der Waals surface area contributed by atoms with Gasteiger partial charge in [-0.1, -0.05) is 42.5 Å². The van der Waals surface area contributed by atoms with Crippen molar-refractivity contribution in [2.24, 2.45) is 0 Å². The van der Waals surface area contributed by atoms with Gasteiger partial charge in [0.1, 0.15) is 5.82 Å². The summed E-state index contributed by atoms with van der Waals surface area (Å²) in [6, 6.07) is 16.6. The van der Waals surface area contributed by atoms with E-state index < -0.39 is 0 Å². The summed E-state index contributed by atoms with van der Waals surface area (Å²) in [6.45, 7) is 6.25. The summed E-state index contributed by atoms with van der Waals surface area (Å²) in [5.41, 5.74) is 1.80. The molecule has 0 radical (unpaired) electrons.